The van der Waals surface area contributed by atoms with Gasteiger partial charge in [-0.05, 0) is 24.6 Å². The SMILES string of the molecule is CCCNC(CSC(C)(C)C)c1ccccc1Cl. The first-order chi connectivity index (χ1) is 8.44. The largest absolute Gasteiger partial charge is 0.309 e. The summed E-state index contributed by atoms with van der Waals surface area (Å²) in [7, 11) is 0. The van der Waals surface area contributed by atoms with Crippen LogP contribution in [-0.4, -0.2) is 17.0 Å². The van der Waals surface area contributed by atoms with Crippen molar-refractivity contribution in [3.8, 4) is 0 Å². The molecule has 1 unspecified atom stereocenters. The van der Waals surface area contributed by atoms with Gasteiger partial charge in [-0.15, -0.1) is 0 Å². The van der Waals surface area contributed by atoms with Gasteiger partial charge in [-0.1, -0.05) is 57.5 Å². The third-order valence-corrected chi connectivity index (χ3v) is 4.31. The molecule has 0 saturated carbocycles. The van der Waals surface area contributed by atoms with Crippen LogP contribution >= 0.6 is 23.4 Å². The molecule has 0 aromatic heterocycles. The van der Waals surface area contributed by atoms with Crippen LogP contribution in [0.4, 0.5) is 0 Å². The summed E-state index contributed by atoms with van der Waals surface area (Å²) in [5, 5.41) is 4.46. The lowest BCUT2D eigenvalue weighted by atomic mass is 10.1. The number of hydrogen-bond acceptors (Lipinski definition) is 2. The van der Waals surface area contributed by atoms with E-state index in [4.69, 9.17) is 11.6 Å². The van der Waals surface area contributed by atoms with E-state index in [1.165, 1.54) is 5.56 Å². The lowest BCUT2D eigenvalue weighted by Crippen LogP contribution is -2.26. The zero-order valence-corrected chi connectivity index (χ0v) is 13.4. The standard InChI is InChI=1S/C15H24ClNS/c1-5-10-17-14(11-18-15(2,3)4)12-8-6-7-9-13(12)16/h6-9,14,17H,5,10-11H2,1-4H3. The number of thioether (sulfide) groups is 1. The molecular weight excluding hydrogens is 262 g/mol. The van der Waals surface area contributed by atoms with Crippen molar-refractivity contribution >= 4 is 23.4 Å². The molecule has 0 heterocycles. The first-order valence-corrected chi connectivity index (χ1v) is 7.92. The van der Waals surface area contributed by atoms with Gasteiger partial charge in [0, 0.05) is 21.6 Å². The highest BCUT2D eigenvalue weighted by Gasteiger charge is 2.18. The van der Waals surface area contributed by atoms with E-state index in [1.54, 1.807) is 0 Å². The Morgan fingerprint density at radius 3 is 2.50 bits per heavy atom. The molecule has 0 spiro atoms. The zero-order valence-electron chi connectivity index (χ0n) is 11.8. The predicted molar refractivity (Wildman–Crippen MR) is 84.7 cm³/mol. The van der Waals surface area contributed by atoms with Gasteiger partial charge in [0.15, 0.2) is 0 Å². The normalized spacial score (nSPS) is 13.6. The van der Waals surface area contributed by atoms with E-state index in [0.717, 1.165) is 23.7 Å². The molecular formula is C15H24ClNS. The van der Waals surface area contributed by atoms with Crippen molar-refractivity contribution in [3.05, 3.63) is 34.9 Å². The fourth-order valence-electron chi connectivity index (χ4n) is 1.67. The number of benzene rings is 1. The third-order valence-electron chi connectivity index (χ3n) is 2.60. The van der Waals surface area contributed by atoms with E-state index < -0.39 is 0 Å². The molecule has 0 amide bonds. The highest BCUT2D eigenvalue weighted by Crippen LogP contribution is 2.31. The lowest BCUT2D eigenvalue weighted by Gasteiger charge is -2.24. The molecule has 0 saturated heterocycles. The molecule has 1 nitrogen and oxygen atoms in total. The van der Waals surface area contributed by atoms with E-state index in [-0.39, 0.29) is 4.75 Å². The molecule has 1 aromatic carbocycles. The molecule has 0 bridgehead atoms. The van der Waals surface area contributed by atoms with Crippen LogP contribution in [-0.2, 0) is 0 Å². The number of rotatable bonds is 6. The Balaban J connectivity index is 2.75. The van der Waals surface area contributed by atoms with Crippen LogP contribution in [0.5, 0.6) is 0 Å². The summed E-state index contributed by atoms with van der Waals surface area (Å²) >= 11 is 8.27. The van der Waals surface area contributed by atoms with Crippen LogP contribution in [0.25, 0.3) is 0 Å². The molecule has 3 heteroatoms. The molecule has 0 radical (unpaired) electrons. The Hall–Kier alpha value is -0.180. The molecule has 0 aliphatic rings. The number of nitrogens with one attached hydrogen (secondary N) is 1. The summed E-state index contributed by atoms with van der Waals surface area (Å²) in [6, 6.07) is 8.48. The van der Waals surface area contributed by atoms with Crippen molar-refractivity contribution in [3.63, 3.8) is 0 Å². The average molecular weight is 286 g/mol. The van der Waals surface area contributed by atoms with Gasteiger partial charge in [0.2, 0.25) is 0 Å². The van der Waals surface area contributed by atoms with Crippen molar-refractivity contribution in [1.82, 2.24) is 5.32 Å². The molecule has 1 atom stereocenters. The van der Waals surface area contributed by atoms with Gasteiger partial charge in [0.05, 0.1) is 0 Å². The maximum absolute atomic E-state index is 6.30. The number of hydrogen-bond donors (Lipinski definition) is 1. The molecule has 1 N–H and O–H groups in total. The average Bonchev–Trinajstić information content (AvgIpc) is 2.29. The van der Waals surface area contributed by atoms with Crippen molar-refractivity contribution in [1.29, 1.82) is 0 Å². The van der Waals surface area contributed by atoms with Crippen LogP contribution in [0.2, 0.25) is 5.02 Å². The second-order valence-electron chi connectivity index (χ2n) is 5.45. The highest BCUT2D eigenvalue weighted by molar-refractivity contribution is 8.00. The summed E-state index contributed by atoms with van der Waals surface area (Å²) in [4.78, 5) is 0. The molecule has 18 heavy (non-hydrogen) atoms. The van der Waals surface area contributed by atoms with Crippen molar-refractivity contribution in [2.75, 3.05) is 12.3 Å². The van der Waals surface area contributed by atoms with E-state index >= 15 is 0 Å². The van der Waals surface area contributed by atoms with Crippen molar-refractivity contribution < 1.29 is 0 Å². The second kappa shape index (κ2) is 7.42. The fourth-order valence-corrected chi connectivity index (χ4v) is 2.90. The van der Waals surface area contributed by atoms with E-state index in [0.29, 0.717) is 6.04 Å². The van der Waals surface area contributed by atoms with E-state index in [9.17, 15) is 0 Å². The van der Waals surface area contributed by atoms with Gasteiger partial charge in [-0.2, -0.15) is 11.8 Å². The predicted octanol–water partition coefficient (Wildman–Crippen LogP) is 4.91. The topological polar surface area (TPSA) is 12.0 Å². The van der Waals surface area contributed by atoms with Gasteiger partial charge in [-0.3, -0.25) is 0 Å². The zero-order chi connectivity index (χ0) is 13.6. The Kier molecular flexibility index (Phi) is 6.54. The third kappa shape index (κ3) is 5.64. The van der Waals surface area contributed by atoms with Crippen LogP contribution in [0.15, 0.2) is 24.3 Å². The van der Waals surface area contributed by atoms with Gasteiger partial charge < -0.3 is 5.32 Å². The van der Waals surface area contributed by atoms with Crippen LogP contribution in [0.3, 0.4) is 0 Å². The minimum Gasteiger partial charge on any atom is -0.309 e. The second-order valence-corrected chi connectivity index (χ2v) is 7.71. The van der Waals surface area contributed by atoms with Crippen molar-refractivity contribution in [2.45, 2.75) is 44.9 Å². The maximum atomic E-state index is 6.30. The highest BCUT2D eigenvalue weighted by atomic mass is 35.5. The molecule has 0 aliphatic heterocycles. The molecule has 1 rings (SSSR count). The maximum Gasteiger partial charge on any atom is 0.0454 e. The number of halogens is 1. The Bertz CT molecular complexity index is 360. The molecule has 0 fully saturated rings. The summed E-state index contributed by atoms with van der Waals surface area (Å²) in [5.74, 6) is 1.05. The van der Waals surface area contributed by atoms with Gasteiger partial charge in [-0.25, -0.2) is 0 Å². The first kappa shape index (κ1) is 15.9. The quantitative estimate of drug-likeness (QED) is 0.797. The summed E-state index contributed by atoms with van der Waals surface area (Å²) < 4.78 is 0.285. The van der Waals surface area contributed by atoms with Crippen LogP contribution in [0, 0.1) is 0 Å². The monoisotopic (exact) mass is 285 g/mol. The smallest absolute Gasteiger partial charge is 0.0454 e. The summed E-state index contributed by atoms with van der Waals surface area (Å²) in [6.07, 6.45) is 1.14. The van der Waals surface area contributed by atoms with Crippen molar-refractivity contribution in [2.24, 2.45) is 0 Å². The first-order valence-electron chi connectivity index (χ1n) is 6.56. The Morgan fingerprint density at radius 1 is 1.28 bits per heavy atom. The lowest BCUT2D eigenvalue weighted by molar-refractivity contribution is 0.575. The molecule has 102 valence electrons. The van der Waals surface area contributed by atoms with E-state index in [1.807, 2.05) is 23.9 Å². The molecule has 1 aromatic rings. The summed E-state index contributed by atoms with van der Waals surface area (Å²) in [5.41, 5.74) is 1.21. The van der Waals surface area contributed by atoms with Gasteiger partial charge in [0.25, 0.3) is 0 Å². The minimum absolute atomic E-state index is 0.285. The van der Waals surface area contributed by atoms with E-state index in [2.05, 4.69) is 45.1 Å². The van der Waals surface area contributed by atoms with Gasteiger partial charge in [0.1, 0.15) is 0 Å². The summed E-state index contributed by atoms with van der Waals surface area (Å²) in [6.45, 7) is 9.97. The van der Waals surface area contributed by atoms with Gasteiger partial charge >= 0.3 is 0 Å². The minimum atomic E-state index is 0.285. The van der Waals surface area contributed by atoms with Crippen LogP contribution < -0.4 is 5.32 Å². The fraction of sp³-hybridized carbons (Fsp3) is 0.600. The Labute approximate surface area is 121 Å². The Morgan fingerprint density at radius 2 is 1.94 bits per heavy atom. The van der Waals surface area contributed by atoms with Crippen LogP contribution in [0.1, 0.15) is 45.7 Å². The molecule has 0 aliphatic carbocycles.